The number of carbonyl (C=O) groups is 1. The van der Waals surface area contributed by atoms with E-state index in [1.165, 1.54) is 13.2 Å². The molecule has 0 fully saturated rings. The van der Waals surface area contributed by atoms with E-state index in [-0.39, 0.29) is 24.0 Å². The molecule has 5 nitrogen and oxygen atoms in total. The zero-order valence-electron chi connectivity index (χ0n) is 16.2. The van der Waals surface area contributed by atoms with Gasteiger partial charge in [-0.05, 0) is 42.0 Å². The summed E-state index contributed by atoms with van der Waals surface area (Å²) in [7, 11) is 1.51. The van der Waals surface area contributed by atoms with Crippen LogP contribution in [-0.4, -0.2) is 19.0 Å². The van der Waals surface area contributed by atoms with Gasteiger partial charge in [-0.15, -0.1) is 0 Å². The standard InChI is InChI=1S/C24H18FNO4/c1-28-22-14-16(11-12-21(22)29-15-18-9-5-6-10-19(18)25)13-20-24(27)30-23(26-20)17-7-3-2-4-8-17/h2-14H,15H2,1H3/b20-13-. The third kappa shape index (κ3) is 4.22. The molecule has 150 valence electrons. The molecule has 1 aliphatic heterocycles. The molecule has 6 heteroatoms. The molecule has 3 aromatic carbocycles. The van der Waals surface area contributed by atoms with E-state index in [1.54, 1.807) is 42.5 Å². The average molecular weight is 403 g/mol. The molecule has 0 saturated heterocycles. The molecule has 0 saturated carbocycles. The van der Waals surface area contributed by atoms with Crippen molar-refractivity contribution in [2.24, 2.45) is 4.99 Å². The van der Waals surface area contributed by atoms with E-state index >= 15 is 0 Å². The lowest BCUT2D eigenvalue weighted by atomic mass is 10.1. The van der Waals surface area contributed by atoms with E-state index in [0.29, 0.717) is 22.6 Å². The van der Waals surface area contributed by atoms with Crippen molar-refractivity contribution in [3.8, 4) is 11.5 Å². The second kappa shape index (κ2) is 8.61. The van der Waals surface area contributed by atoms with Crippen molar-refractivity contribution in [3.05, 3.63) is 101 Å². The van der Waals surface area contributed by atoms with E-state index in [0.717, 1.165) is 5.56 Å². The van der Waals surface area contributed by atoms with Crippen molar-refractivity contribution >= 4 is 17.9 Å². The van der Waals surface area contributed by atoms with E-state index in [1.807, 2.05) is 30.3 Å². The van der Waals surface area contributed by atoms with E-state index in [4.69, 9.17) is 14.2 Å². The summed E-state index contributed by atoms with van der Waals surface area (Å²) in [6, 6.07) is 20.8. The highest BCUT2D eigenvalue weighted by molar-refractivity contribution is 6.12. The zero-order chi connectivity index (χ0) is 20.9. The topological polar surface area (TPSA) is 57.1 Å². The van der Waals surface area contributed by atoms with Crippen LogP contribution in [0, 0.1) is 5.82 Å². The van der Waals surface area contributed by atoms with Gasteiger partial charge in [0.2, 0.25) is 5.90 Å². The van der Waals surface area contributed by atoms with Crippen LogP contribution >= 0.6 is 0 Å². The van der Waals surface area contributed by atoms with Crippen molar-refractivity contribution < 1.29 is 23.4 Å². The summed E-state index contributed by atoms with van der Waals surface area (Å²) >= 11 is 0. The fraction of sp³-hybridized carbons (Fsp3) is 0.0833. The molecule has 0 atom stereocenters. The Labute approximate surface area is 173 Å². The van der Waals surface area contributed by atoms with Crippen LogP contribution in [0.15, 0.2) is 83.5 Å². The van der Waals surface area contributed by atoms with Crippen LogP contribution in [0.2, 0.25) is 0 Å². The molecule has 1 aliphatic rings. The molecule has 0 amide bonds. The summed E-state index contributed by atoms with van der Waals surface area (Å²) in [6.07, 6.45) is 1.61. The number of nitrogens with zero attached hydrogens (tertiary/aromatic N) is 1. The quantitative estimate of drug-likeness (QED) is 0.440. The Morgan fingerprint density at radius 1 is 1.00 bits per heavy atom. The Hall–Kier alpha value is -3.93. The third-order valence-electron chi connectivity index (χ3n) is 4.47. The van der Waals surface area contributed by atoms with Crippen LogP contribution in [0.4, 0.5) is 4.39 Å². The first-order valence-electron chi connectivity index (χ1n) is 9.26. The van der Waals surface area contributed by atoms with Crippen molar-refractivity contribution in [2.45, 2.75) is 6.61 Å². The number of hydrogen-bond donors (Lipinski definition) is 0. The maximum absolute atomic E-state index is 13.8. The lowest BCUT2D eigenvalue weighted by Gasteiger charge is -2.12. The molecule has 0 aliphatic carbocycles. The summed E-state index contributed by atoms with van der Waals surface area (Å²) in [6.45, 7) is 0.0700. The summed E-state index contributed by atoms with van der Waals surface area (Å²) in [5, 5.41) is 0. The molecule has 0 spiro atoms. The molecule has 0 N–H and O–H groups in total. The Morgan fingerprint density at radius 2 is 1.77 bits per heavy atom. The normalized spacial score (nSPS) is 14.4. The lowest BCUT2D eigenvalue weighted by Crippen LogP contribution is -2.04. The molecule has 0 bridgehead atoms. The smallest absolute Gasteiger partial charge is 0.363 e. The van der Waals surface area contributed by atoms with Crippen LogP contribution in [0.1, 0.15) is 16.7 Å². The number of esters is 1. The Bertz CT molecular complexity index is 1140. The highest BCUT2D eigenvalue weighted by Gasteiger charge is 2.24. The van der Waals surface area contributed by atoms with Gasteiger partial charge >= 0.3 is 5.97 Å². The largest absolute Gasteiger partial charge is 0.493 e. The fourth-order valence-electron chi connectivity index (χ4n) is 2.94. The third-order valence-corrected chi connectivity index (χ3v) is 4.47. The lowest BCUT2D eigenvalue weighted by molar-refractivity contribution is -0.129. The summed E-state index contributed by atoms with van der Waals surface area (Å²) in [4.78, 5) is 16.5. The SMILES string of the molecule is COc1cc(/C=C2\N=C(c3ccccc3)OC2=O)ccc1OCc1ccccc1F. The number of rotatable bonds is 6. The first kappa shape index (κ1) is 19.4. The highest BCUT2D eigenvalue weighted by Crippen LogP contribution is 2.30. The van der Waals surface area contributed by atoms with Crippen molar-refractivity contribution in [1.29, 1.82) is 0 Å². The number of cyclic esters (lactones) is 1. The Morgan fingerprint density at radius 3 is 2.53 bits per heavy atom. The molecule has 3 aromatic rings. The van der Waals surface area contributed by atoms with E-state index in [2.05, 4.69) is 4.99 Å². The molecule has 4 rings (SSSR count). The van der Waals surface area contributed by atoms with Gasteiger partial charge in [0.1, 0.15) is 12.4 Å². The number of benzene rings is 3. The predicted octanol–water partition coefficient (Wildman–Crippen LogP) is 4.76. The minimum absolute atomic E-state index is 0.0700. The van der Waals surface area contributed by atoms with Crippen LogP contribution < -0.4 is 9.47 Å². The van der Waals surface area contributed by atoms with Crippen molar-refractivity contribution in [1.82, 2.24) is 0 Å². The number of halogens is 1. The number of methoxy groups -OCH3 is 1. The van der Waals surface area contributed by atoms with E-state index < -0.39 is 5.97 Å². The van der Waals surface area contributed by atoms with Gasteiger partial charge in [0.15, 0.2) is 17.2 Å². The molecule has 1 heterocycles. The van der Waals surface area contributed by atoms with Crippen LogP contribution in [0.25, 0.3) is 6.08 Å². The van der Waals surface area contributed by atoms with Crippen LogP contribution in [-0.2, 0) is 16.1 Å². The molecule has 30 heavy (non-hydrogen) atoms. The zero-order valence-corrected chi connectivity index (χ0v) is 16.2. The predicted molar refractivity (Wildman–Crippen MR) is 111 cm³/mol. The summed E-state index contributed by atoms with van der Waals surface area (Å²) < 4.78 is 30.1. The van der Waals surface area contributed by atoms with Gasteiger partial charge in [-0.25, -0.2) is 14.2 Å². The minimum Gasteiger partial charge on any atom is -0.493 e. The average Bonchev–Trinajstić information content (AvgIpc) is 3.14. The molecule has 0 unspecified atom stereocenters. The number of ether oxygens (including phenoxy) is 3. The highest BCUT2D eigenvalue weighted by atomic mass is 19.1. The second-order valence-electron chi connectivity index (χ2n) is 6.49. The van der Waals surface area contributed by atoms with Gasteiger partial charge in [0.05, 0.1) is 7.11 Å². The van der Waals surface area contributed by atoms with Crippen molar-refractivity contribution in [3.63, 3.8) is 0 Å². The minimum atomic E-state index is -0.521. The maximum Gasteiger partial charge on any atom is 0.363 e. The van der Waals surface area contributed by atoms with Crippen LogP contribution in [0.5, 0.6) is 11.5 Å². The van der Waals surface area contributed by atoms with Gasteiger partial charge in [0, 0.05) is 11.1 Å². The Balaban J connectivity index is 1.55. The van der Waals surface area contributed by atoms with E-state index in [9.17, 15) is 9.18 Å². The van der Waals surface area contributed by atoms with Gasteiger partial charge in [-0.2, -0.15) is 0 Å². The second-order valence-corrected chi connectivity index (χ2v) is 6.49. The molecular weight excluding hydrogens is 385 g/mol. The van der Waals surface area contributed by atoms with Crippen molar-refractivity contribution in [2.75, 3.05) is 7.11 Å². The van der Waals surface area contributed by atoms with Crippen LogP contribution in [0.3, 0.4) is 0 Å². The first-order valence-corrected chi connectivity index (χ1v) is 9.26. The molecule has 0 aromatic heterocycles. The molecular formula is C24H18FNO4. The summed E-state index contributed by atoms with van der Waals surface area (Å²) in [5.41, 5.74) is 2.05. The number of hydrogen-bond acceptors (Lipinski definition) is 5. The number of aliphatic imine (C=N–C) groups is 1. The monoisotopic (exact) mass is 403 g/mol. The fourth-order valence-corrected chi connectivity index (χ4v) is 2.94. The maximum atomic E-state index is 13.8. The van der Waals surface area contributed by atoms with Gasteiger partial charge in [0.25, 0.3) is 0 Å². The van der Waals surface area contributed by atoms with Gasteiger partial charge in [-0.1, -0.05) is 42.5 Å². The molecule has 0 radical (unpaired) electrons. The Kier molecular flexibility index (Phi) is 5.57. The van der Waals surface area contributed by atoms with Gasteiger partial charge in [-0.3, -0.25) is 0 Å². The van der Waals surface area contributed by atoms with Gasteiger partial charge < -0.3 is 14.2 Å². The first-order chi connectivity index (χ1) is 14.6. The number of carbonyl (C=O) groups excluding carboxylic acids is 1. The summed E-state index contributed by atoms with van der Waals surface area (Å²) in [5.74, 6) is 0.339.